The Balaban J connectivity index is 3.17. The number of ketones is 1. The monoisotopic (exact) mass is 252 g/mol. The summed E-state index contributed by atoms with van der Waals surface area (Å²) in [7, 11) is 0. The van der Waals surface area contributed by atoms with E-state index in [1.54, 1.807) is 0 Å². The van der Waals surface area contributed by atoms with Gasteiger partial charge in [-0.2, -0.15) is 0 Å². The van der Waals surface area contributed by atoms with E-state index in [4.69, 9.17) is 0 Å². The van der Waals surface area contributed by atoms with Crippen LogP contribution in [0.3, 0.4) is 0 Å². The molecule has 0 N–H and O–H groups in total. The molecule has 0 aromatic carbocycles. The fourth-order valence-electron chi connectivity index (χ4n) is 2.30. The lowest BCUT2D eigenvalue weighted by molar-refractivity contribution is 0.0603. The molecule has 1 unspecified atom stereocenters. The number of hydrogen-bond donors (Lipinski definition) is 0. The Bertz CT molecular complexity index is 418. The second kappa shape index (κ2) is 6.05. The van der Waals surface area contributed by atoms with Crippen molar-refractivity contribution in [3.05, 3.63) is 29.8 Å². The number of halogens is 1. The molecule has 0 spiro atoms. The number of rotatable bonds is 6. The molecule has 0 fully saturated rings. The minimum Gasteiger partial charge on any atom is -0.292 e. The summed E-state index contributed by atoms with van der Waals surface area (Å²) in [6.07, 6.45) is 3.19. The van der Waals surface area contributed by atoms with Gasteiger partial charge in [0.05, 0.1) is 17.3 Å². The fourth-order valence-corrected chi connectivity index (χ4v) is 2.30. The van der Waals surface area contributed by atoms with Gasteiger partial charge in [-0.3, -0.25) is 14.7 Å². The first-order valence-electron chi connectivity index (χ1n) is 6.40. The zero-order chi connectivity index (χ0) is 13.8. The molecule has 0 aliphatic heterocycles. The van der Waals surface area contributed by atoms with Crippen molar-refractivity contribution in [3.8, 4) is 0 Å². The number of aromatic nitrogens is 1. The number of pyridine rings is 1. The van der Waals surface area contributed by atoms with Crippen LogP contribution in [-0.2, 0) is 0 Å². The lowest BCUT2D eigenvalue weighted by atomic mass is 9.87. The average Bonchev–Trinajstić information content (AvgIpc) is 2.39. The van der Waals surface area contributed by atoms with E-state index >= 15 is 0 Å². The van der Waals surface area contributed by atoms with Crippen LogP contribution in [0, 0.1) is 5.82 Å². The lowest BCUT2D eigenvalue weighted by Gasteiger charge is -2.38. The van der Waals surface area contributed by atoms with Crippen LogP contribution < -0.4 is 0 Å². The highest BCUT2D eigenvalue weighted by Crippen LogP contribution is 2.25. The highest BCUT2D eigenvalue weighted by molar-refractivity contribution is 6.03. The summed E-state index contributed by atoms with van der Waals surface area (Å²) < 4.78 is 13.7. The summed E-state index contributed by atoms with van der Waals surface area (Å²) in [5, 5.41) is 0. The topological polar surface area (TPSA) is 33.2 Å². The van der Waals surface area contributed by atoms with Crippen molar-refractivity contribution < 1.29 is 9.18 Å². The maximum Gasteiger partial charge on any atom is 0.185 e. The molecule has 100 valence electrons. The molecule has 0 bridgehead atoms. The van der Waals surface area contributed by atoms with Gasteiger partial charge in [-0.1, -0.05) is 20.8 Å². The van der Waals surface area contributed by atoms with E-state index in [2.05, 4.69) is 9.88 Å². The molecule has 1 rings (SSSR count). The van der Waals surface area contributed by atoms with Gasteiger partial charge < -0.3 is 0 Å². The van der Waals surface area contributed by atoms with Crippen molar-refractivity contribution in [1.82, 2.24) is 9.88 Å². The molecule has 1 aromatic rings. The SMILES string of the molecule is CCN(CC)C(C)(CC)C(=O)c1ccncc1F. The number of hydrogen-bond acceptors (Lipinski definition) is 3. The molecular formula is C14H21FN2O. The minimum atomic E-state index is -0.661. The first kappa shape index (κ1) is 14.8. The maximum absolute atomic E-state index is 13.7. The molecule has 1 aromatic heterocycles. The summed E-state index contributed by atoms with van der Waals surface area (Å²) >= 11 is 0. The van der Waals surface area contributed by atoms with Crippen LogP contribution in [0.2, 0.25) is 0 Å². The van der Waals surface area contributed by atoms with Gasteiger partial charge in [-0.25, -0.2) is 4.39 Å². The van der Waals surface area contributed by atoms with Crippen LogP contribution in [0.5, 0.6) is 0 Å². The molecule has 3 nitrogen and oxygen atoms in total. The van der Waals surface area contributed by atoms with Gasteiger partial charge in [-0.15, -0.1) is 0 Å². The zero-order valence-corrected chi connectivity index (χ0v) is 11.5. The second-order valence-corrected chi connectivity index (χ2v) is 4.48. The molecule has 0 aliphatic carbocycles. The van der Waals surface area contributed by atoms with Gasteiger partial charge in [0.1, 0.15) is 0 Å². The third-order valence-corrected chi connectivity index (χ3v) is 3.66. The van der Waals surface area contributed by atoms with E-state index in [0.29, 0.717) is 6.42 Å². The third-order valence-electron chi connectivity index (χ3n) is 3.66. The Hall–Kier alpha value is -1.29. The highest BCUT2D eigenvalue weighted by atomic mass is 19.1. The van der Waals surface area contributed by atoms with Crippen LogP contribution >= 0.6 is 0 Å². The van der Waals surface area contributed by atoms with E-state index in [1.165, 1.54) is 12.3 Å². The van der Waals surface area contributed by atoms with E-state index in [1.807, 2.05) is 27.7 Å². The second-order valence-electron chi connectivity index (χ2n) is 4.48. The van der Waals surface area contributed by atoms with Crippen molar-refractivity contribution in [2.45, 2.75) is 39.7 Å². The molecule has 0 saturated carbocycles. The number of carbonyl (C=O) groups excluding carboxylic acids is 1. The average molecular weight is 252 g/mol. The van der Waals surface area contributed by atoms with Gasteiger partial charge in [0.15, 0.2) is 11.6 Å². The molecular weight excluding hydrogens is 231 g/mol. The molecule has 0 saturated heterocycles. The van der Waals surface area contributed by atoms with E-state index in [0.717, 1.165) is 19.3 Å². The number of nitrogens with zero attached hydrogens (tertiary/aromatic N) is 2. The van der Waals surface area contributed by atoms with E-state index < -0.39 is 11.4 Å². The smallest absolute Gasteiger partial charge is 0.185 e. The molecule has 4 heteroatoms. The summed E-state index contributed by atoms with van der Waals surface area (Å²) in [5.41, 5.74) is -0.535. The maximum atomic E-state index is 13.7. The molecule has 1 heterocycles. The molecule has 0 aliphatic rings. The fraction of sp³-hybridized carbons (Fsp3) is 0.571. The van der Waals surface area contributed by atoms with Crippen LogP contribution in [0.15, 0.2) is 18.5 Å². The van der Waals surface area contributed by atoms with Crippen LogP contribution in [0.1, 0.15) is 44.5 Å². The Labute approximate surface area is 108 Å². The molecule has 18 heavy (non-hydrogen) atoms. The van der Waals surface area contributed by atoms with E-state index in [9.17, 15) is 9.18 Å². The van der Waals surface area contributed by atoms with Crippen LogP contribution in [0.25, 0.3) is 0 Å². The van der Waals surface area contributed by atoms with Crippen molar-refractivity contribution in [3.63, 3.8) is 0 Å². The number of carbonyl (C=O) groups is 1. The minimum absolute atomic E-state index is 0.126. The predicted molar refractivity (Wildman–Crippen MR) is 70.1 cm³/mol. The van der Waals surface area contributed by atoms with Crippen LogP contribution in [0.4, 0.5) is 4.39 Å². The quantitative estimate of drug-likeness (QED) is 0.730. The first-order chi connectivity index (χ1) is 8.51. The van der Waals surface area contributed by atoms with Gasteiger partial charge >= 0.3 is 0 Å². The standard InChI is InChI=1S/C14H21FN2O/c1-5-14(4,17(6-2)7-3)13(18)11-8-9-16-10-12(11)15/h8-10H,5-7H2,1-4H3. The Morgan fingerprint density at radius 3 is 2.44 bits per heavy atom. The zero-order valence-electron chi connectivity index (χ0n) is 11.5. The summed E-state index contributed by atoms with van der Waals surface area (Å²) in [5.74, 6) is -0.720. The Morgan fingerprint density at radius 1 is 1.39 bits per heavy atom. The lowest BCUT2D eigenvalue weighted by Crippen LogP contribution is -2.52. The van der Waals surface area contributed by atoms with Crippen molar-refractivity contribution in [1.29, 1.82) is 0 Å². The summed E-state index contributed by atoms with van der Waals surface area (Å²) in [4.78, 5) is 18.3. The molecule has 0 amide bonds. The summed E-state index contributed by atoms with van der Waals surface area (Å²) in [6.45, 7) is 9.37. The van der Waals surface area contributed by atoms with Gasteiger partial charge in [0, 0.05) is 6.20 Å². The Kier molecular flexibility index (Phi) is 4.96. The van der Waals surface area contributed by atoms with Crippen molar-refractivity contribution in [2.24, 2.45) is 0 Å². The Morgan fingerprint density at radius 2 is 2.00 bits per heavy atom. The van der Waals surface area contributed by atoms with E-state index in [-0.39, 0.29) is 11.3 Å². The van der Waals surface area contributed by atoms with Gasteiger partial charge in [0.25, 0.3) is 0 Å². The van der Waals surface area contributed by atoms with Crippen LogP contribution in [-0.4, -0.2) is 34.3 Å². The number of likely N-dealkylation sites (N-methyl/N-ethyl adjacent to an activating group) is 1. The van der Waals surface area contributed by atoms with Gasteiger partial charge in [0.2, 0.25) is 0 Å². The van der Waals surface area contributed by atoms with Gasteiger partial charge in [-0.05, 0) is 32.5 Å². The predicted octanol–water partition coefficient (Wildman–Crippen LogP) is 2.91. The largest absolute Gasteiger partial charge is 0.292 e. The molecule has 0 radical (unpaired) electrons. The highest BCUT2D eigenvalue weighted by Gasteiger charge is 2.37. The number of Topliss-reactive ketones (excluding diaryl/α,β-unsaturated/α-hetero) is 1. The first-order valence-corrected chi connectivity index (χ1v) is 6.40. The normalized spacial score (nSPS) is 14.6. The summed E-state index contributed by atoms with van der Waals surface area (Å²) in [6, 6.07) is 1.45. The third kappa shape index (κ3) is 2.58. The van der Waals surface area contributed by atoms with Crippen molar-refractivity contribution in [2.75, 3.05) is 13.1 Å². The molecule has 1 atom stereocenters. The van der Waals surface area contributed by atoms with Crippen molar-refractivity contribution >= 4 is 5.78 Å².